The molecule has 3 aromatic rings. The van der Waals surface area contributed by atoms with Crippen LogP contribution in [0.3, 0.4) is 0 Å². The topological polar surface area (TPSA) is 35.5 Å². The summed E-state index contributed by atoms with van der Waals surface area (Å²) < 4.78 is 49.7. The van der Waals surface area contributed by atoms with Crippen LogP contribution in [0.1, 0.15) is 54.7 Å². The highest BCUT2D eigenvalue weighted by atomic mass is 19.4. The quantitative estimate of drug-likeness (QED) is 0.269. The Hall–Kier alpha value is -3.54. The molecule has 0 radical (unpaired) electrons. The maximum atomic E-state index is 12.9. The van der Waals surface area contributed by atoms with Gasteiger partial charge in [-0.25, -0.2) is 4.79 Å². The maximum absolute atomic E-state index is 12.9. The van der Waals surface area contributed by atoms with E-state index in [-0.39, 0.29) is 5.41 Å². The van der Waals surface area contributed by atoms with Gasteiger partial charge in [0.25, 0.3) is 0 Å². The largest absolute Gasteiger partial charge is 0.457 e. The van der Waals surface area contributed by atoms with Crippen LogP contribution in [0.15, 0.2) is 73.5 Å². The number of halogens is 3. The number of alkyl halides is 3. The van der Waals surface area contributed by atoms with E-state index in [1.165, 1.54) is 12.1 Å². The molecular formula is C28H27F3O3. The molecule has 6 heteroatoms. The minimum absolute atomic E-state index is 0.257. The minimum Gasteiger partial charge on any atom is -0.457 e. The molecule has 0 spiro atoms. The predicted octanol–water partition coefficient (Wildman–Crippen LogP) is 8.32. The molecule has 0 bridgehead atoms. The third-order valence-electron chi connectivity index (χ3n) is 5.43. The first-order valence-corrected chi connectivity index (χ1v) is 10.9. The van der Waals surface area contributed by atoms with E-state index in [1.54, 1.807) is 6.07 Å². The molecule has 0 unspecified atom stereocenters. The van der Waals surface area contributed by atoms with Crippen LogP contribution >= 0.6 is 0 Å². The van der Waals surface area contributed by atoms with Crippen molar-refractivity contribution in [3.05, 3.63) is 95.8 Å². The van der Waals surface area contributed by atoms with Gasteiger partial charge in [-0.15, -0.1) is 0 Å². The average Bonchev–Trinajstić information content (AvgIpc) is 2.77. The van der Waals surface area contributed by atoms with Gasteiger partial charge in [-0.3, -0.25) is 0 Å². The van der Waals surface area contributed by atoms with Crippen LogP contribution in [0.25, 0.3) is 11.1 Å². The Morgan fingerprint density at radius 1 is 0.941 bits per heavy atom. The Morgan fingerprint density at radius 2 is 1.56 bits per heavy atom. The van der Waals surface area contributed by atoms with Crippen LogP contribution in [0.5, 0.6) is 11.5 Å². The molecule has 0 aliphatic heterocycles. The van der Waals surface area contributed by atoms with Crippen molar-refractivity contribution in [3.63, 3.8) is 0 Å². The number of hydrogen-bond acceptors (Lipinski definition) is 3. The van der Waals surface area contributed by atoms with E-state index in [0.717, 1.165) is 40.6 Å². The predicted molar refractivity (Wildman–Crippen MR) is 127 cm³/mol. The lowest BCUT2D eigenvalue weighted by Crippen LogP contribution is -2.12. The molecule has 0 aliphatic carbocycles. The lowest BCUT2D eigenvalue weighted by Gasteiger charge is -2.24. The highest BCUT2D eigenvalue weighted by molar-refractivity contribution is 5.92. The molecule has 0 saturated carbocycles. The molecule has 0 fully saturated rings. The van der Waals surface area contributed by atoms with Gasteiger partial charge in [-0.05, 0) is 64.9 Å². The second-order valence-corrected chi connectivity index (χ2v) is 8.88. The summed E-state index contributed by atoms with van der Waals surface area (Å²) in [5.41, 5.74) is 2.96. The molecule has 3 aromatic carbocycles. The summed E-state index contributed by atoms with van der Waals surface area (Å²) in [5.74, 6) is 0.401. The molecule has 0 N–H and O–H groups in total. The Labute approximate surface area is 197 Å². The summed E-state index contributed by atoms with van der Waals surface area (Å²) in [4.78, 5) is 12.2. The Kier molecular flexibility index (Phi) is 7.20. The van der Waals surface area contributed by atoms with Crippen LogP contribution in [-0.2, 0) is 22.7 Å². The normalized spacial score (nSPS) is 11.7. The van der Waals surface area contributed by atoms with Gasteiger partial charge in [-0.2, -0.15) is 13.2 Å². The van der Waals surface area contributed by atoms with Crippen molar-refractivity contribution in [1.29, 1.82) is 0 Å². The summed E-state index contributed by atoms with van der Waals surface area (Å²) in [6, 6.07) is 15.9. The smallest absolute Gasteiger partial charge is 0.416 e. The Bertz CT molecular complexity index is 1190. The van der Waals surface area contributed by atoms with Gasteiger partial charge in [0.2, 0.25) is 0 Å². The third kappa shape index (κ3) is 5.68. The monoisotopic (exact) mass is 468 g/mol. The lowest BCUT2D eigenvalue weighted by atomic mass is 9.85. The second-order valence-electron chi connectivity index (χ2n) is 8.88. The SMILES string of the molecule is C=COC(=O)c1ccc(-c2ccc(C(C)(C)C)c(Oc3ccc(C(F)(F)F)cc3)c2)cc1CC. The lowest BCUT2D eigenvalue weighted by molar-refractivity contribution is -0.137. The fourth-order valence-corrected chi connectivity index (χ4v) is 3.65. The van der Waals surface area contributed by atoms with Crippen molar-refractivity contribution in [2.24, 2.45) is 0 Å². The highest BCUT2D eigenvalue weighted by Gasteiger charge is 2.30. The molecule has 0 aliphatic rings. The van der Waals surface area contributed by atoms with E-state index in [9.17, 15) is 18.0 Å². The van der Waals surface area contributed by atoms with Gasteiger partial charge in [-0.1, -0.05) is 58.5 Å². The number of carbonyl (C=O) groups excluding carboxylic acids is 1. The number of esters is 1. The summed E-state index contributed by atoms with van der Waals surface area (Å²) >= 11 is 0. The average molecular weight is 469 g/mol. The summed E-state index contributed by atoms with van der Waals surface area (Å²) in [5, 5.41) is 0. The van der Waals surface area contributed by atoms with Crippen LogP contribution in [0.2, 0.25) is 0 Å². The first-order chi connectivity index (χ1) is 15.9. The maximum Gasteiger partial charge on any atom is 0.416 e. The van der Waals surface area contributed by atoms with Gasteiger partial charge in [0.05, 0.1) is 17.4 Å². The van der Waals surface area contributed by atoms with Gasteiger partial charge in [0.15, 0.2) is 0 Å². The number of hydrogen-bond donors (Lipinski definition) is 0. The third-order valence-corrected chi connectivity index (χ3v) is 5.43. The number of rotatable bonds is 6. The zero-order valence-electron chi connectivity index (χ0n) is 19.6. The number of aryl methyl sites for hydroxylation is 1. The van der Waals surface area contributed by atoms with Crippen LogP contribution in [0.4, 0.5) is 13.2 Å². The van der Waals surface area contributed by atoms with E-state index in [1.807, 2.05) is 58.0 Å². The van der Waals surface area contributed by atoms with Gasteiger partial charge < -0.3 is 9.47 Å². The van der Waals surface area contributed by atoms with Crippen molar-refractivity contribution in [1.82, 2.24) is 0 Å². The van der Waals surface area contributed by atoms with Crippen LogP contribution in [0, 0.1) is 0 Å². The molecule has 0 amide bonds. The van der Waals surface area contributed by atoms with E-state index in [2.05, 4.69) is 6.58 Å². The Balaban J connectivity index is 2.02. The van der Waals surface area contributed by atoms with Crippen molar-refractivity contribution in [2.45, 2.75) is 45.7 Å². The van der Waals surface area contributed by atoms with Gasteiger partial charge >= 0.3 is 12.1 Å². The van der Waals surface area contributed by atoms with E-state index in [0.29, 0.717) is 23.5 Å². The molecule has 3 rings (SSSR count). The van der Waals surface area contributed by atoms with E-state index in [4.69, 9.17) is 9.47 Å². The fourth-order valence-electron chi connectivity index (χ4n) is 3.65. The van der Waals surface area contributed by atoms with Crippen LogP contribution in [-0.4, -0.2) is 5.97 Å². The fraction of sp³-hybridized carbons (Fsp3) is 0.250. The van der Waals surface area contributed by atoms with E-state index >= 15 is 0 Å². The number of ether oxygens (including phenoxy) is 2. The van der Waals surface area contributed by atoms with Crippen molar-refractivity contribution in [2.75, 3.05) is 0 Å². The van der Waals surface area contributed by atoms with Gasteiger partial charge in [0, 0.05) is 5.56 Å². The van der Waals surface area contributed by atoms with Crippen molar-refractivity contribution in [3.8, 4) is 22.6 Å². The minimum atomic E-state index is -4.41. The first kappa shape index (κ1) is 25.1. The molecule has 3 nitrogen and oxygen atoms in total. The molecule has 0 saturated heterocycles. The molecular weight excluding hydrogens is 441 g/mol. The van der Waals surface area contributed by atoms with Crippen molar-refractivity contribution < 1.29 is 27.4 Å². The van der Waals surface area contributed by atoms with Gasteiger partial charge in [0.1, 0.15) is 11.5 Å². The Morgan fingerprint density at radius 3 is 2.12 bits per heavy atom. The molecule has 0 aromatic heterocycles. The zero-order valence-corrected chi connectivity index (χ0v) is 19.6. The van der Waals surface area contributed by atoms with Crippen LogP contribution < -0.4 is 4.74 Å². The zero-order chi connectivity index (χ0) is 25.1. The van der Waals surface area contributed by atoms with E-state index < -0.39 is 17.7 Å². The van der Waals surface area contributed by atoms with Crippen molar-refractivity contribution >= 4 is 5.97 Å². The molecule has 34 heavy (non-hydrogen) atoms. The summed E-state index contributed by atoms with van der Waals surface area (Å²) in [7, 11) is 0. The number of benzene rings is 3. The standard InChI is InChI=1S/C28H27F3O3/c1-6-18-16-19(8-14-23(18)26(32)33-7-2)20-9-15-24(27(3,4)5)25(17-20)34-22-12-10-21(11-13-22)28(29,30)31/h7-17H,2,6H2,1,3-5H3. The molecule has 0 atom stereocenters. The first-order valence-electron chi connectivity index (χ1n) is 10.9. The second kappa shape index (κ2) is 9.75. The summed E-state index contributed by atoms with van der Waals surface area (Å²) in [6.07, 6.45) is -2.67. The summed E-state index contributed by atoms with van der Waals surface area (Å²) in [6.45, 7) is 11.5. The molecule has 178 valence electrons. The number of carbonyl (C=O) groups is 1. The molecule has 0 heterocycles. The highest BCUT2D eigenvalue weighted by Crippen LogP contribution is 2.38.